The second-order valence-electron chi connectivity index (χ2n) is 5.73. The summed E-state index contributed by atoms with van der Waals surface area (Å²) in [5.74, 6) is 5.10. The average Bonchev–Trinajstić information content (AvgIpc) is 2.35. The lowest BCUT2D eigenvalue weighted by Gasteiger charge is -2.37. The van der Waals surface area contributed by atoms with Gasteiger partial charge in [0.05, 0.1) is 11.5 Å². The van der Waals surface area contributed by atoms with Crippen LogP contribution < -0.4 is 11.3 Å². The predicted octanol–water partition coefficient (Wildman–Crippen LogP) is 0.894. The summed E-state index contributed by atoms with van der Waals surface area (Å²) in [6, 6.07) is 0. The van der Waals surface area contributed by atoms with Crippen molar-refractivity contribution in [3.63, 3.8) is 0 Å². The largest absolute Gasteiger partial charge is 0.377 e. The van der Waals surface area contributed by atoms with Gasteiger partial charge in [0.2, 0.25) is 5.91 Å². The van der Waals surface area contributed by atoms with E-state index >= 15 is 0 Å². The summed E-state index contributed by atoms with van der Waals surface area (Å²) in [6.45, 7) is 9.47. The van der Waals surface area contributed by atoms with Gasteiger partial charge < -0.3 is 4.74 Å². The molecule has 1 saturated heterocycles. The van der Waals surface area contributed by atoms with Crippen LogP contribution in [0.4, 0.5) is 0 Å². The van der Waals surface area contributed by atoms with Gasteiger partial charge in [-0.15, -0.1) is 0 Å². The van der Waals surface area contributed by atoms with Crippen molar-refractivity contribution >= 4 is 5.91 Å². The lowest BCUT2D eigenvalue weighted by molar-refractivity contribution is -0.131. The molecule has 106 valence electrons. The second-order valence-corrected chi connectivity index (χ2v) is 5.73. The Balaban J connectivity index is 2.44. The molecule has 0 saturated carbocycles. The molecule has 0 aliphatic carbocycles. The molecule has 3 N–H and O–H groups in total. The fraction of sp³-hybridized carbons (Fsp3) is 0.923. The van der Waals surface area contributed by atoms with Gasteiger partial charge in [-0.05, 0) is 39.7 Å². The number of amides is 1. The molecule has 1 aliphatic heterocycles. The van der Waals surface area contributed by atoms with Crippen LogP contribution in [0.2, 0.25) is 0 Å². The predicted molar refractivity (Wildman–Crippen MR) is 71.8 cm³/mol. The second kappa shape index (κ2) is 7.07. The fourth-order valence-electron chi connectivity index (χ4n) is 2.40. The number of nitrogens with two attached hydrogens (primary N) is 1. The van der Waals surface area contributed by atoms with Crippen LogP contribution >= 0.6 is 0 Å². The maximum Gasteiger partial charge on any atom is 0.240 e. The molecule has 0 aromatic heterocycles. The SMILES string of the molecule is CCCOC1CCCN(CC(C)(C)C(=O)NN)C1. The van der Waals surface area contributed by atoms with Crippen molar-refractivity contribution in [2.75, 3.05) is 26.2 Å². The first-order valence-electron chi connectivity index (χ1n) is 6.84. The molecule has 1 rings (SSSR count). The molecule has 1 fully saturated rings. The molecule has 5 heteroatoms. The summed E-state index contributed by atoms with van der Waals surface area (Å²) >= 11 is 0. The zero-order valence-corrected chi connectivity index (χ0v) is 11.9. The van der Waals surface area contributed by atoms with E-state index in [-0.39, 0.29) is 5.91 Å². The summed E-state index contributed by atoms with van der Waals surface area (Å²) < 4.78 is 5.80. The number of carbonyl (C=O) groups is 1. The first kappa shape index (κ1) is 15.4. The highest BCUT2D eigenvalue weighted by molar-refractivity contribution is 5.81. The molecular weight excluding hydrogens is 230 g/mol. The van der Waals surface area contributed by atoms with E-state index in [1.54, 1.807) is 0 Å². The highest BCUT2D eigenvalue weighted by atomic mass is 16.5. The van der Waals surface area contributed by atoms with Crippen LogP contribution in [-0.4, -0.2) is 43.2 Å². The number of nitrogens with zero attached hydrogens (tertiary/aromatic N) is 1. The topological polar surface area (TPSA) is 67.6 Å². The van der Waals surface area contributed by atoms with Crippen LogP contribution in [0, 0.1) is 5.41 Å². The van der Waals surface area contributed by atoms with Crippen molar-refractivity contribution in [3.05, 3.63) is 0 Å². The van der Waals surface area contributed by atoms with E-state index in [2.05, 4.69) is 17.2 Å². The minimum Gasteiger partial charge on any atom is -0.377 e. The average molecular weight is 257 g/mol. The number of hydrogen-bond donors (Lipinski definition) is 2. The normalized spacial score (nSPS) is 21.9. The summed E-state index contributed by atoms with van der Waals surface area (Å²) in [6.07, 6.45) is 3.63. The van der Waals surface area contributed by atoms with Gasteiger partial charge in [0.25, 0.3) is 0 Å². The number of rotatable bonds is 6. The third-order valence-electron chi connectivity index (χ3n) is 3.38. The Bertz CT molecular complexity index is 269. The molecule has 1 atom stereocenters. The lowest BCUT2D eigenvalue weighted by Crippen LogP contribution is -2.50. The summed E-state index contributed by atoms with van der Waals surface area (Å²) in [7, 11) is 0. The first-order valence-corrected chi connectivity index (χ1v) is 6.84. The standard InChI is InChI=1S/C13H27N3O2/c1-4-8-18-11-6-5-7-16(9-11)10-13(2,3)12(17)15-14/h11H,4-10,14H2,1-3H3,(H,15,17). The van der Waals surface area contributed by atoms with E-state index in [1.165, 1.54) is 0 Å². The van der Waals surface area contributed by atoms with E-state index in [9.17, 15) is 4.79 Å². The zero-order valence-electron chi connectivity index (χ0n) is 11.9. The Kier molecular flexibility index (Phi) is 6.05. The molecule has 0 radical (unpaired) electrons. The minimum atomic E-state index is -0.457. The Morgan fingerprint density at radius 2 is 2.28 bits per heavy atom. The van der Waals surface area contributed by atoms with Crippen molar-refractivity contribution in [2.24, 2.45) is 11.3 Å². The Hall–Kier alpha value is -0.650. The first-order chi connectivity index (χ1) is 8.49. The smallest absolute Gasteiger partial charge is 0.240 e. The number of nitrogens with one attached hydrogen (secondary N) is 1. The van der Waals surface area contributed by atoms with Crippen LogP contribution in [0.3, 0.4) is 0 Å². The van der Waals surface area contributed by atoms with Gasteiger partial charge >= 0.3 is 0 Å². The minimum absolute atomic E-state index is 0.112. The summed E-state index contributed by atoms with van der Waals surface area (Å²) in [4.78, 5) is 14.0. The third kappa shape index (κ3) is 4.55. The molecule has 5 nitrogen and oxygen atoms in total. The molecule has 0 aromatic rings. The Labute approximate surface area is 110 Å². The van der Waals surface area contributed by atoms with Crippen LogP contribution in [0.25, 0.3) is 0 Å². The van der Waals surface area contributed by atoms with Gasteiger partial charge in [0.15, 0.2) is 0 Å². The quantitative estimate of drug-likeness (QED) is 0.421. The number of carbonyl (C=O) groups excluding carboxylic acids is 1. The maximum absolute atomic E-state index is 11.7. The Morgan fingerprint density at radius 1 is 1.56 bits per heavy atom. The summed E-state index contributed by atoms with van der Waals surface area (Å²) in [5, 5.41) is 0. The molecule has 0 aromatic carbocycles. The van der Waals surface area contributed by atoms with E-state index < -0.39 is 5.41 Å². The number of likely N-dealkylation sites (tertiary alicyclic amines) is 1. The molecule has 1 heterocycles. The van der Waals surface area contributed by atoms with Crippen molar-refractivity contribution in [1.29, 1.82) is 0 Å². The van der Waals surface area contributed by atoms with Crippen LogP contribution in [-0.2, 0) is 9.53 Å². The lowest BCUT2D eigenvalue weighted by atomic mass is 9.91. The number of piperidine rings is 1. The third-order valence-corrected chi connectivity index (χ3v) is 3.38. The van der Waals surface area contributed by atoms with Crippen molar-refractivity contribution in [2.45, 2.75) is 46.1 Å². The van der Waals surface area contributed by atoms with Crippen LogP contribution in [0.15, 0.2) is 0 Å². The zero-order chi connectivity index (χ0) is 13.6. The molecule has 18 heavy (non-hydrogen) atoms. The Morgan fingerprint density at radius 3 is 2.89 bits per heavy atom. The maximum atomic E-state index is 11.7. The van der Waals surface area contributed by atoms with E-state index in [0.29, 0.717) is 6.10 Å². The molecule has 0 spiro atoms. The van der Waals surface area contributed by atoms with Gasteiger partial charge in [-0.3, -0.25) is 15.1 Å². The van der Waals surface area contributed by atoms with Crippen molar-refractivity contribution in [1.82, 2.24) is 10.3 Å². The number of ether oxygens (including phenoxy) is 1. The van der Waals surface area contributed by atoms with Crippen molar-refractivity contribution in [3.8, 4) is 0 Å². The van der Waals surface area contributed by atoms with Gasteiger partial charge in [-0.2, -0.15) is 0 Å². The highest BCUT2D eigenvalue weighted by Crippen LogP contribution is 2.21. The van der Waals surface area contributed by atoms with E-state index in [4.69, 9.17) is 10.6 Å². The van der Waals surface area contributed by atoms with Crippen LogP contribution in [0.5, 0.6) is 0 Å². The number of hydrazine groups is 1. The number of hydrogen-bond acceptors (Lipinski definition) is 4. The van der Waals surface area contributed by atoms with Gasteiger partial charge in [0.1, 0.15) is 0 Å². The monoisotopic (exact) mass is 257 g/mol. The molecule has 1 aliphatic rings. The van der Waals surface area contributed by atoms with Crippen molar-refractivity contribution < 1.29 is 9.53 Å². The van der Waals surface area contributed by atoms with E-state index in [1.807, 2.05) is 13.8 Å². The summed E-state index contributed by atoms with van der Waals surface area (Å²) in [5.41, 5.74) is 1.79. The molecule has 1 amide bonds. The molecule has 0 bridgehead atoms. The van der Waals surface area contributed by atoms with E-state index in [0.717, 1.165) is 45.5 Å². The molecule has 1 unspecified atom stereocenters. The highest BCUT2D eigenvalue weighted by Gasteiger charge is 2.31. The fourth-order valence-corrected chi connectivity index (χ4v) is 2.40. The van der Waals surface area contributed by atoms with Crippen LogP contribution in [0.1, 0.15) is 40.0 Å². The molecular formula is C13H27N3O2. The van der Waals surface area contributed by atoms with Gasteiger partial charge in [-0.25, -0.2) is 5.84 Å². The van der Waals surface area contributed by atoms with Gasteiger partial charge in [0, 0.05) is 19.7 Å². The van der Waals surface area contributed by atoms with Gasteiger partial charge in [-0.1, -0.05) is 6.92 Å².